The average molecular weight is 441 g/mol. The Hall–Kier alpha value is -2.97. The summed E-state index contributed by atoms with van der Waals surface area (Å²) in [5.74, 6) is -0.431. The van der Waals surface area contributed by atoms with Crippen molar-refractivity contribution in [3.63, 3.8) is 0 Å². The summed E-state index contributed by atoms with van der Waals surface area (Å²) in [7, 11) is 0. The van der Waals surface area contributed by atoms with E-state index < -0.39 is 18.0 Å². The third-order valence-corrected chi connectivity index (χ3v) is 5.92. The second-order valence-electron chi connectivity index (χ2n) is 6.43. The second kappa shape index (κ2) is 10.2. The highest BCUT2D eigenvalue weighted by Gasteiger charge is 2.21. The van der Waals surface area contributed by atoms with E-state index in [-0.39, 0.29) is 5.78 Å². The van der Waals surface area contributed by atoms with E-state index in [1.807, 2.05) is 17.5 Å². The molecule has 2 aromatic carbocycles. The van der Waals surface area contributed by atoms with Gasteiger partial charge in [0.1, 0.15) is 0 Å². The van der Waals surface area contributed by atoms with Gasteiger partial charge in [-0.3, -0.25) is 9.59 Å². The van der Waals surface area contributed by atoms with Crippen LogP contribution in [0.3, 0.4) is 0 Å². The summed E-state index contributed by atoms with van der Waals surface area (Å²) in [6, 6.07) is 13.6. The summed E-state index contributed by atoms with van der Waals surface area (Å²) in [6.07, 6.45) is -0.985. The number of nitrogens with zero attached hydrogens (tertiary/aromatic N) is 1. The van der Waals surface area contributed by atoms with Crippen LogP contribution in [0.5, 0.6) is 0 Å². The van der Waals surface area contributed by atoms with Crippen LogP contribution in [0.15, 0.2) is 64.3 Å². The molecule has 0 aliphatic carbocycles. The first-order valence-electron chi connectivity index (χ1n) is 9.16. The van der Waals surface area contributed by atoms with Crippen LogP contribution in [-0.2, 0) is 15.3 Å². The van der Waals surface area contributed by atoms with E-state index in [1.54, 1.807) is 41.9 Å². The maximum absolute atomic E-state index is 12.6. The van der Waals surface area contributed by atoms with Gasteiger partial charge < -0.3 is 10.1 Å². The number of thioether (sulfide) groups is 1. The highest BCUT2D eigenvalue weighted by atomic mass is 32.2. The quantitative estimate of drug-likeness (QED) is 0.307. The largest absolute Gasteiger partial charge is 0.449 e. The number of Topliss-reactive ketones (excluding diaryl/α,β-unsaturated/α-hetero) is 1. The number of rotatable bonds is 8. The average Bonchev–Trinajstić information content (AvgIpc) is 3.26. The molecule has 1 atom stereocenters. The summed E-state index contributed by atoms with van der Waals surface area (Å²) in [4.78, 5) is 41.4. The Morgan fingerprint density at radius 2 is 1.87 bits per heavy atom. The SMILES string of the molecule is CC(=O)c1ccc(NC(=O)[C@H](C)OC(=O)c2ccccc2SCc2cscn2)cc1. The van der Waals surface area contributed by atoms with E-state index in [1.165, 1.54) is 36.9 Å². The van der Waals surface area contributed by atoms with Gasteiger partial charge in [0.15, 0.2) is 11.9 Å². The normalized spacial score (nSPS) is 11.5. The minimum Gasteiger partial charge on any atom is -0.449 e. The summed E-state index contributed by atoms with van der Waals surface area (Å²) >= 11 is 3.01. The second-order valence-corrected chi connectivity index (χ2v) is 8.17. The van der Waals surface area contributed by atoms with Gasteiger partial charge in [0, 0.05) is 27.3 Å². The molecule has 0 aliphatic heterocycles. The number of thiazole rings is 1. The van der Waals surface area contributed by atoms with Crippen molar-refractivity contribution in [2.75, 3.05) is 5.32 Å². The lowest BCUT2D eigenvalue weighted by molar-refractivity contribution is -0.123. The number of amides is 1. The summed E-state index contributed by atoms with van der Waals surface area (Å²) in [5, 5.41) is 4.64. The molecule has 30 heavy (non-hydrogen) atoms. The Morgan fingerprint density at radius 3 is 2.53 bits per heavy atom. The van der Waals surface area contributed by atoms with Crippen LogP contribution in [0.2, 0.25) is 0 Å². The maximum Gasteiger partial charge on any atom is 0.340 e. The molecule has 3 rings (SSSR count). The molecule has 0 saturated heterocycles. The fraction of sp³-hybridized carbons (Fsp3) is 0.182. The van der Waals surface area contributed by atoms with Crippen LogP contribution in [0.25, 0.3) is 0 Å². The number of carbonyl (C=O) groups is 3. The van der Waals surface area contributed by atoms with E-state index in [0.29, 0.717) is 22.6 Å². The number of nitrogens with one attached hydrogen (secondary N) is 1. The fourth-order valence-electron chi connectivity index (χ4n) is 2.53. The molecule has 154 valence electrons. The molecule has 0 unspecified atom stereocenters. The van der Waals surface area contributed by atoms with Crippen molar-refractivity contribution in [2.45, 2.75) is 30.6 Å². The van der Waals surface area contributed by atoms with Gasteiger partial charge >= 0.3 is 5.97 Å². The number of ether oxygens (including phenoxy) is 1. The van der Waals surface area contributed by atoms with Crippen LogP contribution < -0.4 is 5.32 Å². The van der Waals surface area contributed by atoms with Crippen LogP contribution >= 0.6 is 23.1 Å². The first kappa shape index (κ1) is 21.7. The van der Waals surface area contributed by atoms with Crippen LogP contribution in [0, 0.1) is 0 Å². The van der Waals surface area contributed by atoms with Gasteiger partial charge in [-0.25, -0.2) is 9.78 Å². The number of esters is 1. The molecule has 1 aromatic heterocycles. The lowest BCUT2D eigenvalue weighted by Gasteiger charge is -2.15. The van der Waals surface area contributed by atoms with Gasteiger partial charge in [-0.2, -0.15) is 0 Å². The monoisotopic (exact) mass is 440 g/mol. The van der Waals surface area contributed by atoms with Crippen molar-refractivity contribution in [1.82, 2.24) is 4.98 Å². The van der Waals surface area contributed by atoms with Crippen molar-refractivity contribution in [3.8, 4) is 0 Å². The van der Waals surface area contributed by atoms with Gasteiger partial charge in [-0.05, 0) is 50.2 Å². The third kappa shape index (κ3) is 5.77. The first-order chi connectivity index (χ1) is 14.4. The topological polar surface area (TPSA) is 85.4 Å². The molecule has 8 heteroatoms. The molecular weight excluding hydrogens is 420 g/mol. The number of ketones is 1. The van der Waals surface area contributed by atoms with E-state index in [4.69, 9.17) is 4.74 Å². The Balaban J connectivity index is 1.60. The first-order valence-corrected chi connectivity index (χ1v) is 11.1. The van der Waals surface area contributed by atoms with Crippen molar-refractivity contribution < 1.29 is 19.1 Å². The molecule has 0 aliphatic rings. The van der Waals surface area contributed by atoms with Crippen LogP contribution in [0.4, 0.5) is 5.69 Å². The van der Waals surface area contributed by atoms with Gasteiger partial charge in [-0.15, -0.1) is 23.1 Å². The summed E-state index contributed by atoms with van der Waals surface area (Å²) in [5.41, 5.74) is 4.19. The van der Waals surface area contributed by atoms with Crippen molar-refractivity contribution >= 4 is 46.4 Å². The molecule has 3 aromatic rings. The number of anilines is 1. The van der Waals surface area contributed by atoms with Crippen molar-refractivity contribution in [2.24, 2.45) is 0 Å². The van der Waals surface area contributed by atoms with Crippen molar-refractivity contribution in [3.05, 3.63) is 76.2 Å². The number of carbonyl (C=O) groups excluding carboxylic acids is 3. The molecule has 1 heterocycles. The highest BCUT2D eigenvalue weighted by Crippen LogP contribution is 2.27. The molecule has 1 N–H and O–H groups in total. The van der Waals surface area contributed by atoms with E-state index in [2.05, 4.69) is 10.3 Å². The van der Waals surface area contributed by atoms with Gasteiger partial charge in [0.2, 0.25) is 0 Å². The lowest BCUT2D eigenvalue weighted by atomic mass is 10.1. The Bertz CT molecular complexity index is 1030. The van der Waals surface area contributed by atoms with Crippen LogP contribution in [0.1, 0.15) is 40.3 Å². The lowest BCUT2D eigenvalue weighted by Crippen LogP contribution is -2.30. The zero-order valence-corrected chi connectivity index (χ0v) is 18.1. The molecular formula is C22H20N2O4S2. The van der Waals surface area contributed by atoms with Crippen molar-refractivity contribution in [1.29, 1.82) is 0 Å². The Kier molecular flexibility index (Phi) is 7.37. The Labute approximate surface area is 182 Å². The Morgan fingerprint density at radius 1 is 1.13 bits per heavy atom. The minimum absolute atomic E-state index is 0.0542. The smallest absolute Gasteiger partial charge is 0.340 e. The third-order valence-electron chi connectivity index (χ3n) is 4.18. The van der Waals surface area contributed by atoms with Gasteiger partial charge in [-0.1, -0.05) is 12.1 Å². The molecule has 0 radical (unpaired) electrons. The van der Waals surface area contributed by atoms with E-state index >= 15 is 0 Å². The summed E-state index contributed by atoms with van der Waals surface area (Å²) < 4.78 is 5.38. The standard InChI is InChI=1S/C22H20N2O4S2/c1-14(25)16-7-9-17(10-8-16)24-21(26)15(2)28-22(27)19-5-3-4-6-20(19)30-12-18-11-29-13-23-18/h3-11,13,15H,12H2,1-2H3,(H,24,26)/t15-/m0/s1. The van der Waals surface area contributed by atoms with Gasteiger partial charge in [0.25, 0.3) is 5.91 Å². The van der Waals surface area contributed by atoms with E-state index in [9.17, 15) is 14.4 Å². The van der Waals surface area contributed by atoms with Crippen LogP contribution in [-0.4, -0.2) is 28.7 Å². The number of hydrogen-bond donors (Lipinski definition) is 1. The molecule has 1 amide bonds. The number of aromatic nitrogens is 1. The maximum atomic E-state index is 12.6. The zero-order valence-electron chi connectivity index (χ0n) is 16.5. The molecule has 0 fully saturated rings. The summed E-state index contributed by atoms with van der Waals surface area (Å²) in [6.45, 7) is 2.99. The molecule has 0 bridgehead atoms. The predicted octanol–water partition coefficient (Wildman–Crippen LogP) is 4.82. The highest BCUT2D eigenvalue weighted by molar-refractivity contribution is 7.98. The van der Waals surface area contributed by atoms with E-state index in [0.717, 1.165) is 10.6 Å². The fourth-order valence-corrected chi connectivity index (χ4v) is 4.14. The predicted molar refractivity (Wildman–Crippen MR) is 118 cm³/mol. The zero-order chi connectivity index (χ0) is 21.5. The van der Waals surface area contributed by atoms with Gasteiger partial charge in [0.05, 0.1) is 16.8 Å². The minimum atomic E-state index is -0.985. The molecule has 0 spiro atoms. The number of hydrogen-bond acceptors (Lipinski definition) is 7. The molecule has 0 saturated carbocycles. The molecule has 6 nitrogen and oxygen atoms in total. The number of benzene rings is 2.